The first-order chi connectivity index (χ1) is 7.20. The number of anilines is 1. The Bertz CT molecular complexity index is 299. The second-order valence-corrected chi connectivity index (χ2v) is 3.46. The quantitative estimate of drug-likeness (QED) is 0.349. The highest BCUT2D eigenvalue weighted by atomic mass is 16.5. The molecule has 0 aliphatic carbocycles. The molecule has 1 rings (SSSR count). The third kappa shape index (κ3) is 2.92. The van der Waals surface area contributed by atoms with Crippen molar-refractivity contribution >= 4 is 5.82 Å². The second kappa shape index (κ2) is 5.69. The van der Waals surface area contributed by atoms with Crippen LogP contribution in [-0.4, -0.2) is 23.5 Å². The number of nitrogens with two attached hydrogens (primary N) is 2. The summed E-state index contributed by atoms with van der Waals surface area (Å²) in [5, 5.41) is 4.08. The van der Waals surface area contributed by atoms with Gasteiger partial charge in [0.2, 0.25) is 0 Å². The van der Waals surface area contributed by atoms with Gasteiger partial charge in [-0.15, -0.1) is 0 Å². The zero-order valence-corrected chi connectivity index (χ0v) is 9.23. The minimum atomic E-state index is 0.0360. The summed E-state index contributed by atoms with van der Waals surface area (Å²) in [6.45, 7) is 0.721. The van der Waals surface area contributed by atoms with Crippen molar-refractivity contribution < 1.29 is 4.74 Å². The van der Waals surface area contributed by atoms with Gasteiger partial charge in [-0.05, 0) is 12.8 Å². The molecule has 0 spiro atoms. The molecule has 1 atom stereocenters. The standard InChI is InChI=1S/C9H19N5O/c1-14-9(10)7(6-12-14)8(13-11)4-3-5-15-2/h6,8,13H,3-5,10-11H2,1-2H3. The molecule has 5 N–H and O–H groups in total. The number of hydrogen-bond acceptors (Lipinski definition) is 5. The fourth-order valence-corrected chi connectivity index (χ4v) is 1.49. The average molecular weight is 213 g/mol. The normalized spacial score (nSPS) is 13.0. The molecule has 1 aromatic rings. The Morgan fingerprint density at radius 2 is 2.40 bits per heavy atom. The number of methoxy groups -OCH3 is 1. The van der Waals surface area contributed by atoms with Crippen LogP contribution in [-0.2, 0) is 11.8 Å². The summed E-state index contributed by atoms with van der Waals surface area (Å²) in [6.07, 6.45) is 3.55. The van der Waals surface area contributed by atoms with E-state index in [1.807, 2.05) is 7.05 Å². The van der Waals surface area contributed by atoms with Gasteiger partial charge in [-0.2, -0.15) is 5.10 Å². The van der Waals surface area contributed by atoms with Gasteiger partial charge in [-0.1, -0.05) is 0 Å². The van der Waals surface area contributed by atoms with Crippen LogP contribution in [0.2, 0.25) is 0 Å². The molecule has 15 heavy (non-hydrogen) atoms. The molecule has 1 heterocycles. The molecule has 0 aromatic carbocycles. The highest BCUT2D eigenvalue weighted by molar-refractivity contribution is 5.40. The van der Waals surface area contributed by atoms with Gasteiger partial charge >= 0.3 is 0 Å². The monoisotopic (exact) mass is 213 g/mol. The van der Waals surface area contributed by atoms with Crippen LogP contribution in [0.5, 0.6) is 0 Å². The zero-order valence-electron chi connectivity index (χ0n) is 9.23. The number of nitrogens with one attached hydrogen (secondary N) is 1. The van der Waals surface area contributed by atoms with E-state index in [2.05, 4.69) is 10.5 Å². The lowest BCUT2D eigenvalue weighted by Crippen LogP contribution is -2.28. The van der Waals surface area contributed by atoms with Crippen molar-refractivity contribution in [1.82, 2.24) is 15.2 Å². The molecule has 0 saturated heterocycles. The molecule has 0 radical (unpaired) electrons. The predicted molar refractivity (Wildman–Crippen MR) is 58.8 cm³/mol. The van der Waals surface area contributed by atoms with E-state index in [0.717, 1.165) is 25.0 Å². The van der Waals surface area contributed by atoms with Crippen LogP contribution in [0.25, 0.3) is 0 Å². The molecule has 1 unspecified atom stereocenters. The highest BCUT2D eigenvalue weighted by Gasteiger charge is 2.15. The van der Waals surface area contributed by atoms with Crippen molar-refractivity contribution in [3.63, 3.8) is 0 Å². The van der Waals surface area contributed by atoms with Gasteiger partial charge in [0, 0.05) is 26.3 Å². The number of aryl methyl sites for hydroxylation is 1. The predicted octanol–water partition coefficient (Wildman–Crippen LogP) is -0.0667. The summed E-state index contributed by atoms with van der Waals surface area (Å²) < 4.78 is 6.62. The van der Waals surface area contributed by atoms with Gasteiger partial charge in [-0.3, -0.25) is 16.0 Å². The van der Waals surface area contributed by atoms with Crippen LogP contribution < -0.4 is 17.0 Å². The smallest absolute Gasteiger partial charge is 0.126 e. The van der Waals surface area contributed by atoms with Crippen LogP contribution in [0.1, 0.15) is 24.4 Å². The van der Waals surface area contributed by atoms with Crippen molar-refractivity contribution in [2.45, 2.75) is 18.9 Å². The lowest BCUT2D eigenvalue weighted by molar-refractivity contribution is 0.189. The second-order valence-electron chi connectivity index (χ2n) is 3.46. The number of hydrazine groups is 1. The zero-order chi connectivity index (χ0) is 11.3. The summed E-state index contributed by atoms with van der Waals surface area (Å²) >= 11 is 0. The summed E-state index contributed by atoms with van der Waals surface area (Å²) in [7, 11) is 3.49. The Morgan fingerprint density at radius 3 is 2.87 bits per heavy atom. The van der Waals surface area contributed by atoms with E-state index in [0.29, 0.717) is 5.82 Å². The minimum absolute atomic E-state index is 0.0360. The Labute approximate surface area is 89.5 Å². The van der Waals surface area contributed by atoms with E-state index in [1.54, 1.807) is 18.0 Å². The van der Waals surface area contributed by atoms with E-state index in [9.17, 15) is 0 Å². The first-order valence-corrected chi connectivity index (χ1v) is 4.93. The Balaban J connectivity index is 2.61. The number of nitrogen functional groups attached to an aromatic ring is 1. The number of aromatic nitrogens is 2. The Hall–Kier alpha value is -1.11. The highest BCUT2D eigenvalue weighted by Crippen LogP contribution is 2.22. The molecule has 0 aliphatic rings. The number of nitrogens with zero attached hydrogens (tertiary/aromatic N) is 2. The van der Waals surface area contributed by atoms with E-state index in [-0.39, 0.29) is 6.04 Å². The van der Waals surface area contributed by atoms with Crippen molar-refractivity contribution in [2.24, 2.45) is 12.9 Å². The van der Waals surface area contributed by atoms with Crippen LogP contribution in [0, 0.1) is 0 Å². The molecular weight excluding hydrogens is 194 g/mol. The van der Waals surface area contributed by atoms with Crippen LogP contribution in [0.4, 0.5) is 5.82 Å². The van der Waals surface area contributed by atoms with Crippen LogP contribution >= 0.6 is 0 Å². The number of ether oxygens (including phenoxy) is 1. The Morgan fingerprint density at radius 1 is 1.67 bits per heavy atom. The maximum absolute atomic E-state index is 5.86. The van der Waals surface area contributed by atoms with Gasteiger partial charge in [0.1, 0.15) is 5.82 Å². The first kappa shape index (κ1) is 12.0. The molecule has 0 fully saturated rings. The van der Waals surface area contributed by atoms with Crippen molar-refractivity contribution in [1.29, 1.82) is 0 Å². The van der Waals surface area contributed by atoms with Gasteiger partial charge in [-0.25, -0.2) is 0 Å². The van der Waals surface area contributed by atoms with Gasteiger partial charge < -0.3 is 10.5 Å². The van der Waals surface area contributed by atoms with Crippen LogP contribution in [0.15, 0.2) is 6.20 Å². The summed E-state index contributed by atoms with van der Waals surface area (Å²) in [4.78, 5) is 0. The maximum Gasteiger partial charge on any atom is 0.126 e. The molecule has 0 aliphatic heterocycles. The Kier molecular flexibility index (Phi) is 4.54. The fourth-order valence-electron chi connectivity index (χ4n) is 1.49. The van der Waals surface area contributed by atoms with Gasteiger partial charge in [0.05, 0.1) is 12.2 Å². The summed E-state index contributed by atoms with van der Waals surface area (Å²) in [5.41, 5.74) is 9.54. The van der Waals surface area contributed by atoms with Crippen molar-refractivity contribution in [3.05, 3.63) is 11.8 Å². The van der Waals surface area contributed by atoms with E-state index in [4.69, 9.17) is 16.3 Å². The maximum atomic E-state index is 5.86. The summed E-state index contributed by atoms with van der Waals surface area (Å²) in [6, 6.07) is 0.0360. The molecule has 1 aromatic heterocycles. The van der Waals surface area contributed by atoms with E-state index >= 15 is 0 Å². The lowest BCUT2D eigenvalue weighted by Gasteiger charge is -2.14. The largest absolute Gasteiger partial charge is 0.385 e. The third-order valence-electron chi connectivity index (χ3n) is 2.43. The van der Waals surface area contributed by atoms with Crippen molar-refractivity contribution in [3.8, 4) is 0 Å². The summed E-state index contributed by atoms with van der Waals surface area (Å²) in [5.74, 6) is 6.13. The molecular formula is C9H19N5O. The van der Waals surface area contributed by atoms with Gasteiger partial charge in [0.25, 0.3) is 0 Å². The van der Waals surface area contributed by atoms with Crippen molar-refractivity contribution in [2.75, 3.05) is 19.5 Å². The van der Waals surface area contributed by atoms with Crippen LogP contribution in [0.3, 0.4) is 0 Å². The number of rotatable bonds is 6. The molecule has 0 saturated carbocycles. The average Bonchev–Trinajstić information content (AvgIpc) is 2.56. The van der Waals surface area contributed by atoms with Gasteiger partial charge in [0.15, 0.2) is 0 Å². The van der Waals surface area contributed by atoms with E-state index < -0.39 is 0 Å². The SMILES string of the molecule is COCCCC(NN)c1cnn(C)c1N. The third-order valence-corrected chi connectivity index (χ3v) is 2.43. The molecule has 0 bridgehead atoms. The molecule has 0 amide bonds. The molecule has 6 heteroatoms. The van der Waals surface area contributed by atoms with E-state index in [1.165, 1.54) is 0 Å². The first-order valence-electron chi connectivity index (χ1n) is 4.93. The fraction of sp³-hybridized carbons (Fsp3) is 0.667. The number of hydrogen-bond donors (Lipinski definition) is 3. The molecule has 6 nitrogen and oxygen atoms in total. The molecule has 86 valence electrons. The lowest BCUT2D eigenvalue weighted by atomic mass is 10.1. The topological polar surface area (TPSA) is 91.1 Å². The minimum Gasteiger partial charge on any atom is -0.385 e.